The van der Waals surface area contributed by atoms with Crippen molar-refractivity contribution in [2.45, 2.75) is 57.5 Å². The summed E-state index contributed by atoms with van der Waals surface area (Å²) < 4.78 is 0. The molecule has 0 bridgehead atoms. The zero-order chi connectivity index (χ0) is 14.0. The number of hydrogen-bond acceptors (Lipinski definition) is 3. The van der Waals surface area contributed by atoms with Gasteiger partial charge in [-0.25, -0.2) is 4.79 Å². The molecule has 0 radical (unpaired) electrons. The number of carboxylic acids is 1. The molecule has 5 nitrogen and oxygen atoms in total. The Bertz CT molecular complexity index is 357. The highest BCUT2D eigenvalue weighted by Crippen LogP contribution is 2.42. The van der Waals surface area contributed by atoms with Crippen molar-refractivity contribution < 1.29 is 14.7 Å². The van der Waals surface area contributed by atoms with Gasteiger partial charge in [0.15, 0.2) is 0 Å². The van der Waals surface area contributed by atoms with Crippen LogP contribution in [0.5, 0.6) is 0 Å². The molecule has 2 rings (SSSR count). The molecule has 0 spiro atoms. The molecule has 1 aliphatic carbocycles. The van der Waals surface area contributed by atoms with Crippen LogP contribution in [-0.2, 0) is 9.59 Å². The van der Waals surface area contributed by atoms with E-state index in [0.29, 0.717) is 18.9 Å². The first-order valence-corrected chi connectivity index (χ1v) is 7.28. The van der Waals surface area contributed by atoms with E-state index in [1.807, 2.05) is 6.92 Å². The SMILES string of the molecule is CC(N)CCCC(=O)N1CC2CCCC2C1C(=O)O. The molecule has 2 aliphatic rings. The lowest BCUT2D eigenvalue weighted by Gasteiger charge is -2.24. The third-order valence-electron chi connectivity index (χ3n) is 4.51. The predicted octanol–water partition coefficient (Wildman–Crippen LogP) is 1.22. The molecule has 0 aromatic rings. The summed E-state index contributed by atoms with van der Waals surface area (Å²) in [7, 11) is 0. The average Bonchev–Trinajstić information content (AvgIpc) is 2.86. The van der Waals surface area contributed by atoms with Gasteiger partial charge in [0.25, 0.3) is 0 Å². The van der Waals surface area contributed by atoms with Crippen LogP contribution in [0.4, 0.5) is 0 Å². The van der Waals surface area contributed by atoms with Crippen LogP contribution in [0, 0.1) is 11.8 Å². The number of rotatable bonds is 5. The van der Waals surface area contributed by atoms with Crippen molar-refractivity contribution in [3.05, 3.63) is 0 Å². The van der Waals surface area contributed by atoms with Gasteiger partial charge in [0.1, 0.15) is 6.04 Å². The number of carbonyl (C=O) groups is 2. The van der Waals surface area contributed by atoms with Gasteiger partial charge in [0.05, 0.1) is 0 Å². The maximum absolute atomic E-state index is 12.2. The smallest absolute Gasteiger partial charge is 0.326 e. The highest BCUT2D eigenvalue weighted by Gasteiger charge is 2.49. The molecular formula is C14H24N2O3. The van der Waals surface area contributed by atoms with Gasteiger partial charge in [-0.05, 0) is 44.4 Å². The summed E-state index contributed by atoms with van der Waals surface area (Å²) in [5.41, 5.74) is 5.66. The Balaban J connectivity index is 1.94. The summed E-state index contributed by atoms with van der Waals surface area (Å²) >= 11 is 0. The standard InChI is InChI=1S/C14H24N2O3/c1-9(15)4-2-7-12(17)16-8-10-5-3-6-11(10)13(16)14(18)19/h9-11,13H,2-8,15H2,1H3,(H,18,19). The van der Waals surface area contributed by atoms with Gasteiger partial charge < -0.3 is 15.7 Å². The van der Waals surface area contributed by atoms with Crippen molar-refractivity contribution in [1.82, 2.24) is 4.90 Å². The summed E-state index contributed by atoms with van der Waals surface area (Å²) in [6, 6.07) is -0.490. The van der Waals surface area contributed by atoms with Gasteiger partial charge in [-0.15, -0.1) is 0 Å². The molecule has 3 N–H and O–H groups in total. The van der Waals surface area contributed by atoms with E-state index in [1.165, 1.54) is 0 Å². The van der Waals surface area contributed by atoms with Crippen LogP contribution in [0.2, 0.25) is 0 Å². The molecule has 1 saturated carbocycles. The number of carbonyl (C=O) groups excluding carboxylic acids is 1. The van der Waals surface area contributed by atoms with Crippen LogP contribution >= 0.6 is 0 Å². The number of carboxylic acid groups (broad SMARTS) is 1. The minimum absolute atomic E-state index is 0.0116. The Hall–Kier alpha value is -1.10. The first-order chi connectivity index (χ1) is 9.00. The van der Waals surface area contributed by atoms with Crippen molar-refractivity contribution in [2.75, 3.05) is 6.54 Å². The molecule has 2 fully saturated rings. The van der Waals surface area contributed by atoms with Gasteiger partial charge in [-0.1, -0.05) is 6.42 Å². The van der Waals surface area contributed by atoms with Crippen LogP contribution in [0.1, 0.15) is 45.4 Å². The Morgan fingerprint density at radius 2 is 2.16 bits per heavy atom. The fourth-order valence-corrected chi connectivity index (χ4v) is 3.60. The second kappa shape index (κ2) is 5.90. The molecule has 1 aliphatic heterocycles. The van der Waals surface area contributed by atoms with E-state index in [4.69, 9.17) is 5.73 Å². The zero-order valence-corrected chi connectivity index (χ0v) is 11.5. The Kier molecular flexibility index (Phi) is 4.45. The molecule has 0 aromatic heterocycles. The molecule has 0 aromatic carbocycles. The van der Waals surface area contributed by atoms with Crippen molar-refractivity contribution >= 4 is 11.9 Å². The van der Waals surface area contributed by atoms with Gasteiger partial charge in [0.2, 0.25) is 5.91 Å². The monoisotopic (exact) mass is 268 g/mol. The number of likely N-dealkylation sites (tertiary alicyclic amines) is 1. The molecule has 19 heavy (non-hydrogen) atoms. The van der Waals surface area contributed by atoms with E-state index < -0.39 is 12.0 Å². The lowest BCUT2D eigenvalue weighted by molar-refractivity contribution is -0.149. The Labute approximate surface area is 114 Å². The lowest BCUT2D eigenvalue weighted by atomic mass is 9.94. The molecule has 108 valence electrons. The topological polar surface area (TPSA) is 83.6 Å². The van der Waals surface area contributed by atoms with E-state index in [0.717, 1.165) is 32.1 Å². The largest absolute Gasteiger partial charge is 0.480 e. The fourth-order valence-electron chi connectivity index (χ4n) is 3.60. The van der Waals surface area contributed by atoms with Crippen molar-refractivity contribution in [3.8, 4) is 0 Å². The predicted molar refractivity (Wildman–Crippen MR) is 71.5 cm³/mol. The normalized spacial score (nSPS) is 31.3. The molecule has 4 atom stereocenters. The highest BCUT2D eigenvalue weighted by atomic mass is 16.4. The summed E-state index contributed by atoms with van der Waals surface area (Å²) in [6.45, 7) is 2.56. The highest BCUT2D eigenvalue weighted by molar-refractivity contribution is 5.84. The van der Waals surface area contributed by atoms with E-state index in [9.17, 15) is 14.7 Å². The number of aliphatic carboxylic acids is 1. The average molecular weight is 268 g/mol. The molecule has 5 heteroatoms. The fraction of sp³-hybridized carbons (Fsp3) is 0.857. The van der Waals surface area contributed by atoms with E-state index in [2.05, 4.69) is 0 Å². The van der Waals surface area contributed by atoms with E-state index in [-0.39, 0.29) is 17.9 Å². The third kappa shape index (κ3) is 3.08. The Morgan fingerprint density at radius 1 is 1.42 bits per heavy atom. The van der Waals surface area contributed by atoms with E-state index in [1.54, 1.807) is 4.90 Å². The number of nitrogens with two attached hydrogens (primary N) is 1. The summed E-state index contributed by atoms with van der Waals surface area (Å²) in [5, 5.41) is 9.38. The number of fused-ring (bicyclic) bond motifs is 1. The Morgan fingerprint density at radius 3 is 2.79 bits per heavy atom. The second-order valence-corrected chi connectivity index (χ2v) is 6.05. The maximum Gasteiger partial charge on any atom is 0.326 e. The van der Waals surface area contributed by atoms with Gasteiger partial charge >= 0.3 is 5.97 Å². The van der Waals surface area contributed by atoms with Crippen LogP contribution in [-0.4, -0.2) is 40.5 Å². The van der Waals surface area contributed by atoms with Gasteiger partial charge in [-0.3, -0.25) is 4.79 Å². The maximum atomic E-state index is 12.2. The molecule has 1 saturated heterocycles. The first kappa shape index (κ1) is 14.3. The minimum Gasteiger partial charge on any atom is -0.480 e. The van der Waals surface area contributed by atoms with Crippen LogP contribution in [0.15, 0.2) is 0 Å². The third-order valence-corrected chi connectivity index (χ3v) is 4.51. The summed E-state index contributed by atoms with van der Waals surface area (Å²) in [6.07, 6.45) is 5.10. The zero-order valence-electron chi connectivity index (χ0n) is 11.5. The number of hydrogen-bond donors (Lipinski definition) is 2. The summed E-state index contributed by atoms with van der Waals surface area (Å²) in [5.74, 6) is -0.272. The molecule has 4 unspecified atom stereocenters. The van der Waals surface area contributed by atoms with Gasteiger partial charge in [0, 0.05) is 19.0 Å². The molecule has 1 amide bonds. The van der Waals surface area contributed by atoms with Crippen molar-refractivity contribution in [3.63, 3.8) is 0 Å². The van der Waals surface area contributed by atoms with Crippen LogP contribution in [0.3, 0.4) is 0 Å². The quantitative estimate of drug-likeness (QED) is 0.785. The first-order valence-electron chi connectivity index (χ1n) is 7.28. The number of nitrogens with zero attached hydrogens (tertiary/aromatic N) is 1. The number of amides is 1. The molecular weight excluding hydrogens is 244 g/mol. The van der Waals surface area contributed by atoms with Crippen LogP contribution in [0.25, 0.3) is 0 Å². The molecule has 1 heterocycles. The van der Waals surface area contributed by atoms with Crippen molar-refractivity contribution in [2.24, 2.45) is 17.6 Å². The second-order valence-electron chi connectivity index (χ2n) is 6.05. The summed E-state index contributed by atoms with van der Waals surface area (Å²) in [4.78, 5) is 25.2. The minimum atomic E-state index is -0.838. The van der Waals surface area contributed by atoms with Crippen LogP contribution < -0.4 is 5.73 Å². The lowest BCUT2D eigenvalue weighted by Crippen LogP contribution is -2.43. The van der Waals surface area contributed by atoms with Gasteiger partial charge in [-0.2, -0.15) is 0 Å². The van der Waals surface area contributed by atoms with E-state index >= 15 is 0 Å². The van der Waals surface area contributed by atoms with Crippen molar-refractivity contribution in [1.29, 1.82) is 0 Å².